The highest BCUT2D eigenvalue weighted by Gasteiger charge is 2.44. The zero-order valence-corrected chi connectivity index (χ0v) is 47.3. The summed E-state index contributed by atoms with van der Waals surface area (Å²) in [7, 11) is 0. The van der Waals surface area contributed by atoms with Crippen molar-refractivity contribution in [3.8, 4) is 0 Å². The van der Waals surface area contributed by atoms with E-state index in [-0.39, 0.29) is 19.2 Å². The fourth-order valence-electron chi connectivity index (χ4n) is 10.4. The molecule has 0 radical (unpaired) electrons. The average molecular weight is 1010 g/mol. The van der Waals surface area contributed by atoms with Crippen LogP contribution in [0.3, 0.4) is 0 Å². The Morgan fingerprint density at radius 1 is 0.394 bits per heavy atom. The normalized spacial score (nSPS) is 18.6. The third kappa shape index (κ3) is 44.1. The molecule has 1 saturated heterocycles. The van der Waals surface area contributed by atoms with Crippen molar-refractivity contribution < 1.29 is 44.2 Å². The van der Waals surface area contributed by atoms with Crippen LogP contribution in [-0.4, -0.2) is 89.6 Å². The van der Waals surface area contributed by atoms with Gasteiger partial charge in [0.1, 0.15) is 30.5 Å². The Balaban J connectivity index is 2.09. The van der Waals surface area contributed by atoms with Crippen molar-refractivity contribution >= 4 is 5.97 Å². The number of aliphatic hydroxyl groups is 4. The summed E-state index contributed by atoms with van der Waals surface area (Å²) in [6.07, 6.45) is 57.4. The number of carbonyl (C=O) groups is 1. The standard InChI is InChI=1S/C62H122O9/c1-3-5-7-9-11-13-15-17-19-21-23-25-27-28-30-32-34-36-38-40-42-44-46-48-50-52-68-54-56(55-69-62-61(67)60(66)59(65)57(53-63)71-62)70-58(64)51-49-47-45-43-41-39-37-35-33-31-29-26-24-22-20-18-16-14-12-10-8-6-4-2/h56-57,59-63,65-67H,3-55H2,1-2H3. The van der Waals surface area contributed by atoms with E-state index < -0.39 is 43.4 Å². The predicted molar refractivity (Wildman–Crippen MR) is 298 cm³/mol. The highest BCUT2D eigenvalue weighted by atomic mass is 16.7. The van der Waals surface area contributed by atoms with E-state index in [1.54, 1.807) is 0 Å². The van der Waals surface area contributed by atoms with Gasteiger partial charge in [0.15, 0.2) is 6.29 Å². The molecular formula is C62H122O9. The maximum absolute atomic E-state index is 12.9. The molecule has 0 aliphatic carbocycles. The Labute approximate surface area is 440 Å². The van der Waals surface area contributed by atoms with E-state index in [2.05, 4.69) is 13.8 Å². The first kappa shape index (κ1) is 68.2. The molecule has 0 bridgehead atoms. The first-order chi connectivity index (χ1) is 34.9. The number of carbonyl (C=O) groups excluding carboxylic acids is 1. The number of hydrogen-bond acceptors (Lipinski definition) is 9. The van der Waals surface area contributed by atoms with E-state index in [4.69, 9.17) is 18.9 Å². The lowest BCUT2D eigenvalue weighted by molar-refractivity contribution is -0.305. The van der Waals surface area contributed by atoms with Crippen molar-refractivity contribution in [1.29, 1.82) is 0 Å². The predicted octanol–water partition coefficient (Wildman–Crippen LogP) is 16.9. The van der Waals surface area contributed by atoms with E-state index in [0.29, 0.717) is 13.0 Å². The Hall–Kier alpha value is -0.810. The van der Waals surface area contributed by atoms with E-state index in [0.717, 1.165) is 32.1 Å². The largest absolute Gasteiger partial charge is 0.457 e. The number of rotatable bonds is 57. The minimum Gasteiger partial charge on any atom is -0.457 e. The molecule has 9 nitrogen and oxygen atoms in total. The first-order valence-electron chi connectivity index (χ1n) is 31.6. The molecule has 1 heterocycles. The molecule has 0 aromatic carbocycles. The summed E-state index contributed by atoms with van der Waals surface area (Å²) >= 11 is 0. The minimum absolute atomic E-state index is 0.104. The molecule has 9 heteroatoms. The van der Waals surface area contributed by atoms with Crippen molar-refractivity contribution in [1.82, 2.24) is 0 Å². The minimum atomic E-state index is -1.53. The van der Waals surface area contributed by atoms with Gasteiger partial charge in [-0.05, 0) is 12.8 Å². The lowest BCUT2D eigenvalue weighted by Gasteiger charge is -2.39. The number of aliphatic hydroxyl groups excluding tert-OH is 4. The molecule has 6 unspecified atom stereocenters. The van der Waals surface area contributed by atoms with Gasteiger partial charge in [0.25, 0.3) is 0 Å². The van der Waals surface area contributed by atoms with Crippen LogP contribution in [0, 0.1) is 0 Å². The molecule has 1 fully saturated rings. The Morgan fingerprint density at radius 2 is 0.690 bits per heavy atom. The van der Waals surface area contributed by atoms with E-state index in [1.165, 1.54) is 276 Å². The summed E-state index contributed by atoms with van der Waals surface area (Å²) in [6.45, 7) is 4.66. The number of esters is 1. The molecule has 1 aliphatic rings. The van der Waals surface area contributed by atoms with Crippen molar-refractivity contribution in [3.05, 3.63) is 0 Å². The molecule has 0 amide bonds. The van der Waals surface area contributed by atoms with Gasteiger partial charge in [0.05, 0.1) is 19.8 Å². The lowest BCUT2D eigenvalue weighted by Crippen LogP contribution is -2.59. The number of hydrogen-bond donors (Lipinski definition) is 4. The van der Waals surface area contributed by atoms with E-state index in [9.17, 15) is 25.2 Å². The molecule has 424 valence electrons. The Kier molecular flexibility index (Phi) is 51.9. The summed E-state index contributed by atoms with van der Waals surface area (Å²) in [4.78, 5) is 12.9. The quantitative estimate of drug-likeness (QED) is 0.0347. The van der Waals surface area contributed by atoms with Crippen LogP contribution in [0.15, 0.2) is 0 Å². The van der Waals surface area contributed by atoms with Gasteiger partial charge in [-0.3, -0.25) is 4.79 Å². The summed E-state index contributed by atoms with van der Waals surface area (Å²) < 4.78 is 23.0. The Morgan fingerprint density at radius 3 is 1.00 bits per heavy atom. The van der Waals surface area contributed by atoms with Gasteiger partial charge < -0.3 is 39.4 Å². The molecule has 4 N–H and O–H groups in total. The number of unbranched alkanes of at least 4 members (excludes halogenated alkanes) is 46. The second-order valence-electron chi connectivity index (χ2n) is 22.2. The van der Waals surface area contributed by atoms with Gasteiger partial charge in [-0.15, -0.1) is 0 Å². The van der Waals surface area contributed by atoms with Gasteiger partial charge in [-0.1, -0.05) is 309 Å². The van der Waals surface area contributed by atoms with Gasteiger partial charge >= 0.3 is 5.97 Å². The molecule has 1 aliphatic heterocycles. The zero-order valence-electron chi connectivity index (χ0n) is 47.3. The average Bonchev–Trinajstić information content (AvgIpc) is 3.37. The Bertz CT molecular complexity index is 1060. The molecule has 1 rings (SSSR count). The van der Waals surface area contributed by atoms with Gasteiger partial charge in [0.2, 0.25) is 0 Å². The second-order valence-corrected chi connectivity index (χ2v) is 22.2. The molecular weight excluding hydrogens is 889 g/mol. The van der Waals surface area contributed by atoms with Crippen molar-refractivity contribution in [2.24, 2.45) is 0 Å². The topological polar surface area (TPSA) is 135 Å². The molecule has 0 saturated carbocycles. The molecule has 0 spiro atoms. The van der Waals surface area contributed by atoms with Gasteiger partial charge in [-0.25, -0.2) is 0 Å². The lowest BCUT2D eigenvalue weighted by atomic mass is 9.99. The molecule has 6 atom stereocenters. The highest BCUT2D eigenvalue weighted by molar-refractivity contribution is 5.69. The van der Waals surface area contributed by atoms with Crippen LogP contribution in [-0.2, 0) is 23.7 Å². The second kappa shape index (κ2) is 54.0. The van der Waals surface area contributed by atoms with Gasteiger partial charge in [-0.2, -0.15) is 0 Å². The first-order valence-corrected chi connectivity index (χ1v) is 31.6. The van der Waals surface area contributed by atoms with E-state index >= 15 is 0 Å². The highest BCUT2D eigenvalue weighted by Crippen LogP contribution is 2.23. The van der Waals surface area contributed by atoms with Crippen molar-refractivity contribution in [2.45, 2.75) is 365 Å². The third-order valence-electron chi connectivity index (χ3n) is 15.3. The maximum Gasteiger partial charge on any atom is 0.306 e. The van der Waals surface area contributed by atoms with Crippen molar-refractivity contribution in [2.75, 3.05) is 26.4 Å². The van der Waals surface area contributed by atoms with Crippen LogP contribution in [0.4, 0.5) is 0 Å². The fourth-order valence-corrected chi connectivity index (χ4v) is 10.4. The SMILES string of the molecule is CCCCCCCCCCCCCCCCCCCCCCCCCCCOCC(COC1OC(CO)C(O)C(O)C1O)OC(=O)CCCCCCCCCCCCCCCCCCCCCCCCC. The maximum atomic E-state index is 12.9. The van der Waals surface area contributed by atoms with Crippen LogP contribution >= 0.6 is 0 Å². The summed E-state index contributed by atoms with van der Waals surface area (Å²) in [5, 5.41) is 40.4. The zero-order chi connectivity index (χ0) is 51.3. The number of ether oxygens (including phenoxy) is 4. The van der Waals surface area contributed by atoms with Crippen LogP contribution in [0.5, 0.6) is 0 Å². The van der Waals surface area contributed by atoms with Gasteiger partial charge in [0, 0.05) is 13.0 Å². The summed E-state index contributed by atoms with van der Waals surface area (Å²) in [5.74, 6) is -0.301. The monoisotopic (exact) mass is 1010 g/mol. The smallest absolute Gasteiger partial charge is 0.306 e. The molecule has 0 aromatic rings. The molecule has 0 aromatic heterocycles. The van der Waals surface area contributed by atoms with Crippen molar-refractivity contribution in [3.63, 3.8) is 0 Å². The summed E-state index contributed by atoms with van der Waals surface area (Å²) in [6, 6.07) is 0. The van der Waals surface area contributed by atoms with Crippen LogP contribution in [0.2, 0.25) is 0 Å². The van der Waals surface area contributed by atoms with Crippen LogP contribution < -0.4 is 0 Å². The van der Waals surface area contributed by atoms with Crippen LogP contribution in [0.1, 0.15) is 328 Å². The molecule has 71 heavy (non-hydrogen) atoms. The van der Waals surface area contributed by atoms with E-state index in [1.807, 2.05) is 0 Å². The fraction of sp³-hybridized carbons (Fsp3) is 0.984. The third-order valence-corrected chi connectivity index (χ3v) is 15.3. The van der Waals surface area contributed by atoms with Crippen LogP contribution in [0.25, 0.3) is 0 Å². The summed E-state index contributed by atoms with van der Waals surface area (Å²) in [5.41, 5.74) is 0.